The number of carbonyl (C=O) groups is 2. The number of anilines is 1. The van der Waals surface area contributed by atoms with E-state index in [2.05, 4.69) is 34.6 Å². The Bertz CT molecular complexity index is 747. The van der Waals surface area contributed by atoms with Gasteiger partial charge in [-0.05, 0) is 18.4 Å². The zero-order chi connectivity index (χ0) is 18.4. The van der Waals surface area contributed by atoms with Crippen molar-refractivity contribution in [3.05, 3.63) is 40.9 Å². The summed E-state index contributed by atoms with van der Waals surface area (Å²) in [6.07, 6.45) is 4.12. The molecule has 1 aliphatic rings. The van der Waals surface area contributed by atoms with Gasteiger partial charge in [0, 0.05) is 25.9 Å². The van der Waals surface area contributed by atoms with Crippen LogP contribution in [0.4, 0.5) is 5.13 Å². The van der Waals surface area contributed by atoms with Gasteiger partial charge >= 0.3 is 0 Å². The van der Waals surface area contributed by atoms with Crippen LogP contribution in [0.5, 0.6) is 0 Å². The zero-order valence-electron chi connectivity index (χ0n) is 15.0. The Morgan fingerprint density at radius 3 is 2.85 bits per heavy atom. The number of hydrogen-bond acceptors (Lipinski definition) is 5. The molecule has 1 fully saturated rings. The van der Waals surface area contributed by atoms with Gasteiger partial charge in [0.15, 0.2) is 0 Å². The molecule has 1 N–H and O–H groups in total. The number of amides is 2. The van der Waals surface area contributed by atoms with Crippen molar-refractivity contribution in [1.29, 1.82) is 0 Å². The molecule has 26 heavy (non-hydrogen) atoms. The fourth-order valence-electron chi connectivity index (χ4n) is 3.01. The molecule has 0 saturated carbocycles. The quantitative estimate of drug-likeness (QED) is 0.773. The number of aromatic nitrogens is 2. The van der Waals surface area contributed by atoms with Crippen LogP contribution >= 0.6 is 11.3 Å². The van der Waals surface area contributed by atoms with Crippen LogP contribution in [0, 0.1) is 5.92 Å². The lowest BCUT2D eigenvalue weighted by Crippen LogP contribution is -2.30. The van der Waals surface area contributed by atoms with Crippen LogP contribution in [0.15, 0.2) is 30.3 Å². The number of nitrogens with one attached hydrogen (secondary N) is 1. The summed E-state index contributed by atoms with van der Waals surface area (Å²) in [7, 11) is 0. The second-order valence-electron chi connectivity index (χ2n) is 6.57. The molecule has 3 rings (SSSR count). The second-order valence-corrected chi connectivity index (χ2v) is 7.63. The molecule has 1 aliphatic heterocycles. The minimum absolute atomic E-state index is 0.0435. The summed E-state index contributed by atoms with van der Waals surface area (Å²) in [6.45, 7) is 3.25. The first kappa shape index (κ1) is 18.5. The SMILES string of the molecule is CCCCc1nnc(NC(=O)C2CC(=O)N(CCc3ccccc3)C2)s1. The topological polar surface area (TPSA) is 75.2 Å². The van der Waals surface area contributed by atoms with Crippen LogP contribution in [-0.2, 0) is 22.4 Å². The van der Waals surface area contributed by atoms with Crippen molar-refractivity contribution in [2.75, 3.05) is 18.4 Å². The standard InChI is InChI=1S/C19H24N4O2S/c1-2-3-9-16-21-22-19(26-16)20-18(25)15-12-17(24)23(13-15)11-10-14-7-5-4-6-8-14/h4-8,15H,2-3,9-13H2,1H3,(H,20,22,25). The Hall–Kier alpha value is -2.28. The Labute approximate surface area is 157 Å². The van der Waals surface area contributed by atoms with Crippen molar-refractivity contribution in [3.8, 4) is 0 Å². The van der Waals surface area contributed by atoms with E-state index in [0.29, 0.717) is 18.2 Å². The first-order valence-corrected chi connectivity index (χ1v) is 9.92. The molecule has 7 heteroatoms. The van der Waals surface area contributed by atoms with Crippen molar-refractivity contribution in [2.45, 2.75) is 39.0 Å². The monoisotopic (exact) mass is 372 g/mol. The van der Waals surface area contributed by atoms with Gasteiger partial charge in [-0.25, -0.2) is 0 Å². The minimum Gasteiger partial charge on any atom is -0.342 e. The first-order chi connectivity index (χ1) is 12.7. The predicted octanol–water partition coefficient (Wildman–Crippen LogP) is 2.91. The Kier molecular flexibility index (Phi) is 6.33. The number of aryl methyl sites for hydroxylation is 1. The number of carbonyl (C=O) groups excluding carboxylic acids is 2. The summed E-state index contributed by atoms with van der Waals surface area (Å²) < 4.78 is 0. The molecule has 1 aromatic carbocycles. The van der Waals surface area contributed by atoms with Crippen molar-refractivity contribution < 1.29 is 9.59 Å². The van der Waals surface area contributed by atoms with E-state index in [-0.39, 0.29) is 24.2 Å². The summed E-state index contributed by atoms with van der Waals surface area (Å²) in [4.78, 5) is 26.4. The highest BCUT2D eigenvalue weighted by molar-refractivity contribution is 7.15. The summed E-state index contributed by atoms with van der Waals surface area (Å²) in [6, 6.07) is 10.1. The number of rotatable bonds is 8. The maximum atomic E-state index is 12.5. The molecular weight excluding hydrogens is 348 g/mol. The summed E-state index contributed by atoms with van der Waals surface area (Å²) in [5.41, 5.74) is 1.20. The molecule has 0 aliphatic carbocycles. The summed E-state index contributed by atoms with van der Waals surface area (Å²) in [5, 5.41) is 12.4. The van der Waals surface area contributed by atoms with Gasteiger partial charge in [0.1, 0.15) is 5.01 Å². The van der Waals surface area contributed by atoms with E-state index in [4.69, 9.17) is 0 Å². The molecule has 0 radical (unpaired) electrons. The van der Waals surface area contributed by atoms with Crippen LogP contribution in [0.1, 0.15) is 36.8 Å². The molecule has 138 valence electrons. The fourth-order valence-corrected chi connectivity index (χ4v) is 3.80. The number of benzene rings is 1. The van der Waals surface area contributed by atoms with E-state index in [0.717, 1.165) is 30.7 Å². The molecule has 1 saturated heterocycles. The van der Waals surface area contributed by atoms with Gasteiger partial charge in [-0.1, -0.05) is 55.0 Å². The highest BCUT2D eigenvalue weighted by Crippen LogP contribution is 2.22. The van der Waals surface area contributed by atoms with Crippen LogP contribution in [0.25, 0.3) is 0 Å². The number of likely N-dealkylation sites (tertiary alicyclic amines) is 1. The second kappa shape index (κ2) is 8.89. The van der Waals surface area contributed by atoms with Crippen LogP contribution < -0.4 is 5.32 Å². The number of unbranched alkanes of at least 4 members (excludes halogenated alkanes) is 1. The van der Waals surface area contributed by atoms with Gasteiger partial charge in [-0.15, -0.1) is 10.2 Å². The van der Waals surface area contributed by atoms with Gasteiger partial charge in [0.25, 0.3) is 0 Å². The first-order valence-electron chi connectivity index (χ1n) is 9.10. The lowest BCUT2D eigenvalue weighted by Gasteiger charge is -2.16. The van der Waals surface area contributed by atoms with E-state index in [1.54, 1.807) is 4.90 Å². The van der Waals surface area contributed by atoms with Gasteiger partial charge in [-0.3, -0.25) is 9.59 Å². The molecular formula is C19H24N4O2S. The van der Waals surface area contributed by atoms with Gasteiger partial charge in [-0.2, -0.15) is 0 Å². The van der Waals surface area contributed by atoms with Crippen molar-refractivity contribution in [3.63, 3.8) is 0 Å². The molecule has 1 atom stereocenters. The van der Waals surface area contributed by atoms with E-state index >= 15 is 0 Å². The van der Waals surface area contributed by atoms with Gasteiger partial charge in [0.05, 0.1) is 5.92 Å². The molecule has 1 unspecified atom stereocenters. The van der Waals surface area contributed by atoms with Crippen molar-refractivity contribution >= 4 is 28.3 Å². The third kappa shape index (κ3) is 4.88. The molecule has 2 aromatic rings. The van der Waals surface area contributed by atoms with E-state index in [9.17, 15) is 9.59 Å². The Balaban J connectivity index is 1.49. The average molecular weight is 372 g/mol. The maximum absolute atomic E-state index is 12.5. The van der Waals surface area contributed by atoms with Crippen LogP contribution in [0.2, 0.25) is 0 Å². The van der Waals surface area contributed by atoms with Gasteiger partial charge in [0.2, 0.25) is 16.9 Å². The predicted molar refractivity (Wildman–Crippen MR) is 102 cm³/mol. The smallest absolute Gasteiger partial charge is 0.231 e. The van der Waals surface area contributed by atoms with Crippen molar-refractivity contribution in [1.82, 2.24) is 15.1 Å². The molecule has 1 aromatic heterocycles. The third-order valence-corrected chi connectivity index (χ3v) is 5.44. The Morgan fingerprint density at radius 1 is 1.27 bits per heavy atom. The van der Waals surface area contributed by atoms with E-state index < -0.39 is 0 Å². The van der Waals surface area contributed by atoms with Crippen LogP contribution in [-0.4, -0.2) is 40.0 Å². The molecule has 6 nitrogen and oxygen atoms in total. The minimum atomic E-state index is -0.318. The summed E-state index contributed by atoms with van der Waals surface area (Å²) in [5.74, 6) is -0.415. The molecule has 0 spiro atoms. The summed E-state index contributed by atoms with van der Waals surface area (Å²) >= 11 is 1.42. The molecule has 2 amide bonds. The number of hydrogen-bond donors (Lipinski definition) is 1. The van der Waals surface area contributed by atoms with E-state index in [1.807, 2.05) is 18.2 Å². The third-order valence-electron chi connectivity index (χ3n) is 4.54. The fraction of sp³-hybridized carbons (Fsp3) is 0.474. The zero-order valence-corrected chi connectivity index (χ0v) is 15.8. The average Bonchev–Trinajstić information content (AvgIpc) is 3.25. The van der Waals surface area contributed by atoms with Crippen LogP contribution in [0.3, 0.4) is 0 Å². The lowest BCUT2D eigenvalue weighted by atomic mass is 10.1. The maximum Gasteiger partial charge on any atom is 0.231 e. The van der Waals surface area contributed by atoms with Gasteiger partial charge < -0.3 is 10.2 Å². The van der Waals surface area contributed by atoms with E-state index in [1.165, 1.54) is 16.9 Å². The Morgan fingerprint density at radius 2 is 2.08 bits per heavy atom. The normalized spacial score (nSPS) is 16.9. The van der Waals surface area contributed by atoms with Crippen molar-refractivity contribution in [2.24, 2.45) is 5.92 Å². The molecule has 2 heterocycles. The number of nitrogens with zero attached hydrogens (tertiary/aromatic N) is 3. The lowest BCUT2D eigenvalue weighted by molar-refractivity contribution is -0.128. The highest BCUT2D eigenvalue weighted by Gasteiger charge is 2.34. The highest BCUT2D eigenvalue weighted by atomic mass is 32.1. The molecule has 0 bridgehead atoms. The largest absolute Gasteiger partial charge is 0.342 e.